The van der Waals surface area contributed by atoms with Crippen molar-refractivity contribution in [2.24, 2.45) is 0 Å². The van der Waals surface area contributed by atoms with Crippen molar-refractivity contribution < 1.29 is 13.5 Å². The van der Waals surface area contributed by atoms with E-state index in [1.165, 1.54) is 36.4 Å². The highest BCUT2D eigenvalue weighted by atomic mass is 32.2. The molecule has 104 valence electrons. The van der Waals surface area contributed by atoms with E-state index >= 15 is 0 Å². The van der Waals surface area contributed by atoms with E-state index in [-0.39, 0.29) is 9.79 Å². The molecule has 0 spiro atoms. The van der Waals surface area contributed by atoms with E-state index in [0.29, 0.717) is 5.69 Å². The summed E-state index contributed by atoms with van der Waals surface area (Å²) in [6.45, 7) is 0. The Morgan fingerprint density at radius 3 is 2.00 bits per heavy atom. The Hall–Kier alpha value is -2.61. The average molecular weight is 293 g/mol. The van der Waals surface area contributed by atoms with Crippen molar-refractivity contribution in [1.29, 1.82) is 0 Å². The second-order valence-corrected chi connectivity index (χ2v) is 5.78. The molecule has 0 aromatic heterocycles. The molecule has 20 heavy (non-hydrogen) atoms. The lowest BCUT2D eigenvalue weighted by Gasteiger charge is -2.06. The topological polar surface area (TPSA) is 101 Å². The predicted molar refractivity (Wildman–Crippen MR) is 72.1 cm³/mol. The third kappa shape index (κ3) is 3.04. The molecule has 0 bridgehead atoms. The first-order chi connectivity index (χ1) is 9.50. The van der Waals surface area contributed by atoms with Crippen molar-refractivity contribution >= 4 is 15.5 Å². The number of hydrogen-bond acceptors (Lipinski definition) is 5. The number of nitro groups is 1. The molecule has 0 aliphatic carbocycles. The minimum Gasteiger partial charge on any atom is -0.248 e. The van der Waals surface area contributed by atoms with Crippen molar-refractivity contribution in [1.82, 2.24) is 5.53 Å². The van der Waals surface area contributed by atoms with Crippen LogP contribution in [0.2, 0.25) is 0 Å². The number of hydrazine groups is 2. The average Bonchev–Trinajstić information content (AvgIpc) is 2.46. The van der Waals surface area contributed by atoms with Gasteiger partial charge in [-0.25, -0.2) is 24.0 Å². The van der Waals surface area contributed by atoms with Gasteiger partial charge in [-0.05, 0) is 41.9 Å². The molecule has 2 aromatic rings. The van der Waals surface area contributed by atoms with Crippen LogP contribution in [0.3, 0.4) is 0 Å². The van der Waals surface area contributed by atoms with Crippen LogP contribution in [-0.4, -0.2) is 13.5 Å². The summed E-state index contributed by atoms with van der Waals surface area (Å²) in [5.41, 5.74) is 4.48. The van der Waals surface area contributed by atoms with E-state index in [1.807, 2.05) is 0 Å². The van der Waals surface area contributed by atoms with Crippen molar-refractivity contribution in [2.45, 2.75) is 9.79 Å². The Morgan fingerprint density at radius 2 is 1.45 bits per heavy atom. The van der Waals surface area contributed by atoms with Crippen molar-refractivity contribution in [2.75, 3.05) is 5.43 Å². The Labute approximate surface area is 115 Å². The molecule has 7 nitrogen and oxygen atoms in total. The van der Waals surface area contributed by atoms with Gasteiger partial charge in [0.2, 0.25) is 9.84 Å². The molecule has 2 N–H and O–H groups in total. The first-order valence-electron chi connectivity index (χ1n) is 5.56. The molecule has 2 aromatic carbocycles. The van der Waals surface area contributed by atoms with Crippen molar-refractivity contribution in [3.05, 3.63) is 64.7 Å². The first-order valence-corrected chi connectivity index (χ1v) is 7.05. The van der Waals surface area contributed by atoms with E-state index in [4.69, 9.17) is 0 Å². The monoisotopic (exact) mass is 293 g/mol. The molecule has 8 heteroatoms. The zero-order chi connectivity index (χ0) is 14.6. The Bertz CT molecular complexity index is 699. The summed E-state index contributed by atoms with van der Waals surface area (Å²) in [6, 6.07) is 13.7. The molecular formula is C12H11N3O4S. The molecule has 0 saturated carbocycles. The summed E-state index contributed by atoms with van der Waals surface area (Å²) in [4.78, 5) is 10.4. The largest absolute Gasteiger partial charge is 0.248 e. The van der Waals surface area contributed by atoms with Gasteiger partial charge in [-0.1, -0.05) is 18.2 Å². The normalized spacial score (nSPS) is 10.8. The highest BCUT2D eigenvalue weighted by molar-refractivity contribution is 7.91. The zero-order valence-electron chi connectivity index (χ0n) is 10.2. The predicted octanol–water partition coefficient (Wildman–Crippen LogP) is 1.63. The van der Waals surface area contributed by atoms with Gasteiger partial charge < -0.3 is 0 Å². The van der Waals surface area contributed by atoms with Crippen LogP contribution in [0.15, 0.2) is 64.4 Å². The Kier molecular flexibility index (Phi) is 3.85. The van der Waals surface area contributed by atoms with Crippen LogP contribution in [0.25, 0.3) is 0 Å². The quantitative estimate of drug-likeness (QED) is 0.641. The zero-order valence-corrected chi connectivity index (χ0v) is 11.0. The molecule has 0 amide bonds. The van der Waals surface area contributed by atoms with E-state index in [2.05, 4.69) is 5.43 Å². The summed E-state index contributed by atoms with van der Waals surface area (Å²) in [5.74, 6) is 0. The number of nitrogens with one attached hydrogen (secondary N) is 2. The maximum absolute atomic E-state index is 12.3. The number of sulfone groups is 1. The van der Waals surface area contributed by atoms with E-state index in [0.717, 1.165) is 0 Å². The lowest BCUT2D eigenvalue weighted by Crippen LogP contribution is -2.27. The van der Waals surface area contributed by atoms with Crippen LogP contribution in [-0.2, 0) is 9.84 Å². The molecular weight excluding hydrogens is 282 g/mol. The number of nitrogens with zero attached hydrogens (tertiary/aromatic N) is 1. The molecule has 2 rings (SSSR count). The van der Waals surface area contributed by atoms with Gasteiger partial charge in [0.1, 0.15) is 0 Å². The molecule has 0 radical (unpaired) electrons. The van der Waals surface area contributed by atoms with Crippen molar-refractivity contribution in [3.8, 4) is 0 Å². The van der Waals surface area contributed by atoms with Gasteiger partial charge in [0.15, 0.2) is 5.03 Å². The summed E-state index contributed by atoms with van der Waals surface area (Å²) < 4.78 is 24.5. The molecule has 0 atom stereocenters. The maximum atomic E-state index is 12.3. The third-order valence-corrected chi connectivity index (χ3v) is 4.30. The van der Waals surface area contributed by atoms with Gasteiger partial charge in [0.05, 0.1) is 15.5 Å². The van der Waals surface area contributed by atoms with Crippen LogP contribution < -0.4 is 11.0 Å². The van der Waals surface area contributed by atoms with Crippen molar-refractivity contribution in [3.63, 3.8) is 0 Å². The molecule has 0 saturated heterocycles. The molecule has 0 aliphatic heterocycles. The summed E-state index contributed by atoms with van der Waals surface area (Å²) in [7, 11) is -3.57. The van der Waals surface area contributed by atoms with Gasteiger partial charge in [0, 0.05) is 0 Å². The number of rotatable bonds is 5. The second-order valence-electron chi connectivity index (χ2n) is 3.83. The Balaban J connectivity index is 2.24. The van der Waals surface area contributed by atoms with Crippen LogP contribution >= 0.6 is 0 Å². The van der Waals surface area contributed by atoms with Crippen LogP contribution in [0.5, 0.6) is 0 Å². The smallest absolute Gasteiger partial charge is 0.206 e. The SMILES string of the molecule is O=[N+]([O-])NNc1ccc(S(=O)(=O)c2ccccc2)cc1. The minimum atomic E-state index is -3.57. The molecule has 0 unspecified atom stereocenters. The third-order valence-electron chi connectivity index (χ3n) is 2.51. The Morgan fingerprint density at radius 1 is 0.900 bits per heavy atom. The van der Waals surface area contributed by atoms with E-state index in [9.17, 15) is 18.5 Å². The van der Waals surface area contributed by atoms with E-state index in [1.54, 1.807) is 23.7 Å². The fraction of sp³-hybridized carbons (Fsp3) is 0. The highest BCUT2D eigenvalue weighted by Gasteiger charge is 2.16. The molecule has 0 aliphatic rings. The summed E-state index contributed by atoms with van der Waals surface area (Å²) >= 11 is 0. The lowest BCUT2D eigenvalue weighted by atomic mass is 10.3. The fourth-order valence-corrected chi connectivity index (χ4v) is 2.85. The van der Waals surface area contributed by atoms with Gasteiger partial charge in [0.25, 0.3) is 0 Å². The molecule has 0 fully saturated rings. The summed E-state index contributed by atoms with van der Waals surface area (Å²) in [6.07, 6.45) is 0. The maximum Gasteiger partial charge on any atom is 0.206 e. The number of hydrogen-bond donors (Lipinski definition) is 2. The lowest BCUT2D eigenvalue weighted by molar-refractivity contribution is -0.538. The van der Waals surface area contributed by atoms with Gasteiger partial charge in [-0.15, -0.1) is 0 Å². The molecule has 0 heterocycles. The van der Waals surface area contributed by atoms with Gasteiger partial charge in [-0.2, -0.15) is 0 Å². The first kappa shape index (κ1) is 13.8. The fourth-order valence-electron chi connectivity index (χ4n) is 1.56. The van der Waals surface area contributed by atoms with Crippen LogP contribution in [0, 0.1) is 10.1 Å². The van der Waals surface area contributed by atoms with Crippen LogP contribution in [0.1, 0.15) is 0 Å². The van der Waals surface area contributed by atoms with E-state index < -0.39 is 14.9 Å². The van der Waals surface area contributed by atoms with Crippen LogP contribution in [0.4, 0.5) is 5.69 Å². The highest BCUT2D eigenvalue weighted by Crippen LogP contribution is 2.21. The van der Waals surface area contributed by atoms with Gasteiger partial charge in [-0.3, -0.25) is 0 Å². The minimum absolute atomic E-state index is 0.121. The van der Waals surface area contributed by atoms with Gasteiger partial charge >= 0.3 is 0 Å². The summed E-state index contributed by atoms with van der Waals surface area (Å²) in [5, 5.41) is 9.36. The number of anilines is 1. The second kappa shape index (κ2) is 5.57. The number of benzene rings is 2. The standard InChI is InChI=1S/C12H11N3O4S/c16-15(17)14-13-10-6-8-12(9-7-10)20(18,19)11-4-2-1-3-5-11/h1-9,13-14H.